The monoisotopic (exact) mass is 486 g/mol. The molecule has 4 aromatic rings. The van der Waals surface area contributed by atoms with Crippen molar-refractivity contribution in [1.29, 1.82) is 0 Å². The summed E-state index contributed by atoms with van der Waals surface area (Å²) in [5, 5.41) is 7.53. The SMILES string of the molecule is CCOCCOc1nc(-c2ccccc2C)n(-c2ccc(NC(=O)Cc3ccc(OC)cc3)cc2)n1. The standard InChI is InChI=1S/C28H30N4O4/c1-4-35-17-18-36-28-30-27(25-8-6-5-7-20(25)2)32(31-28)23-13-11-22(12-14-23)29-26(33)19-21-9-15-24(34-3)16-10-21/h5-16H,4,17-19H2,1-3H3,(H,29,33). The smallest absolute Gasteiger partial charge is 0.336 e. The van der Waals surface area contributed by atoms with Gasteiger partial charge in [-0.25, -0.2) is 4.68 Å². The van der Waals surface area contributed by atoms with Gasteiger partial charge in [0.15, 0.2) is 5.82 Å². The van der Waals surface area contributed by atoms with E-state index in [4.69, 9.17) is 14.2 Å². The lowest BCUT2D eigenvalue weighted by Crippen LogP contribution is -2.14. The van der Waals surface area contributed by atoms with Crippen LogP contribution in [0.25, 0.3) is 17.1 Å². The van der Waals surface area contributed by atoms with Crippen molar-refractivity contribution in [3.8, 4) is 28.8 Å². The summed E-state index contributed by atoms with van der Waals surface area (Å²) in [6.45, 7) is 5.43. The van der Waals surface area contributed by atoms with Crippen LogP contribution in [0.5, 0.6) is 11.8 Å². The fourth-order valence-electron chi connectivity index (χ4n) is 3.69. The van der Waals surface area contributed by atoms with Crippen LogP contribution in [0.4, 0.5) is 5.69 Å². The molecular formula is C28H30N4O4. The van der Waals surface area contributed by atoms with Crippen molar-refractivity contribution in [1.82, 2.24) is 14.8 Å². The Kier molecular flexibility index (Phi) is 8.31. The van der Waals surface area contributed by atoms with Gasteiger partial charge in [-0.15, -0.1) is 5.10 Å². The molecule has 1 heterocycles. The maximum Gasteiger partial charge on any atom is 0.336 e. The molecule has 0 atom stereocenters. The van der Waals surface area contributed by atoms with Crippen molar-refractivity contribution in [2.24, 2.45) is 0 Å². The number of rotatable bonds is 11. The lowest BCUT2D eigenvalue weighted by atomic mass is 10.1. The number of aryl methyl sites for hydroxylation is 1. The zero-order valence-corrected chi connectivity index (χ0v) is 20.7. The van der Waals surface area contributed by atoms with Crippen LogP contribution in [0.2, 0.25) is 0 Å². The lowest BCUT2D eigenvalue weighted by Gasteiger charge is -2.10. The minimum atomic E-state index is -0.0979. The minimum absolute atomic E-state index is 0.0979. The van der Waals surface area contributed by atoms with Gasteiger partial charge in [0.05, 0.1) is 25.8 Å². The first-order chi connectivity index (χ1) is 17.6. The average Bonchev–Trinajstić information content (AvgIpc) is 3.31. The average molecular weight is 487 g/mol. The van der Waals surface area contributed by atoms with E-state index in [1.54, 1.807) is 11.8 Å². The second kappa shape index (κ2) is 12.0. The number of methoxy groups -OCH3 is 1. The molecule has 1 amide bonds. The van der Waals surface area contributed by atoms with E-state index in [-0.39, 0.29) is 18.3 Å². The quantitative estimate of drug-likeness (QED) is 0.305. The Bertz CT molecular complexity index is 1280. The molecule has 0 spiro atoms. The van der Waals surface area contributed by atoms with Crippen LogP contribution >= 0.6 is 0 Å². The zero-order valence-electron chi connectivity index (χ0n) is 20.7. The highest BCUT2D eigenvalue weighted by atomic mass is 16.5. The Morgan fingerprint density at radius 3 is 2.42 bits per heavy atom. The number of amides is 1. The van der Waals surface area contributed by atoms with E-state index in [1.165, 1.54) is 0 Å². The number of hydrogen-bond acceptors (Lipinski definition) is 6. The third-order valence-corrected chi connectivity index (χ3v) is 5.56. The van der Waals surface area contributed by atoms with Gasteiger partial charge in [0.25, 0.3) is 0 Å². The van der Waals surface area contributed by atoms with Crippen LogP contribution in [0, 0.1) is 6.92 Å². The van der Waals surface area contributed by atoms with Gasteiger partial charge in [-0.05, 0) is 61.4 Å². The molecule has 0 unspecified atom stereocenters. The number of anilines is 1. The number of carbonyl (C=O) groups excluding carboxylic acids is 1. The van der Waals surface area contributed by atoms with Gasteiger partial charge in [0, 0.05) is 17.9 Å². The fraction of sp³-hybridized carbons (Fsp3) is 0.250. The highest BCUT2D eigenvalue weighted by Gasteiger charge is 2.16. The van der Waals surface area contributed by atoms with Gasteiger partial charge >= 0.3 is 6.01 Å². The molecule has 0 saturated heterocycles. The third-order valence-electron chi connectivity index (χ3n) is 5.56. The van der Waals surface area contributed by atoms with E-state index in [0.717, 1.165) is 28.1 Å². The first kappa shape index (κ1) is 24.9. The highest BCUT2D eigenvalue weighted by molar-refractivity contribution is 5.92. The molecule has 8 heteroatoms. The van der Waals surface area contributed by atoms with Gasteiger partial charge < -0.3 is 19.5 Å². The van der Waals surface area contributed by atoms with Crippen molar-refractivity contribution in [2.75, 3.05) is 32.2 Å². The van der Waals surface area contributed by atoms with E-state index in [0.29, 0.717) is 31.3 Å². The third kappa shape index (κ3) is 6.28. The predicted octanol–water partition coefficient (Wildman–Crippen LogP) is 4.85. The number of aromatic nitrogens is 3. The van der Waals surface area contributed by atoms with E-state index in [9.17, 15) is 4.79 Å². The molecule has 1 aromatic heterocycles. The molecule has 0 aliphatic rings. The largest absolute Gasteiger partial charge is 0.497 e. The molecule has 8 nitrogen and oxygen atoms in total. The predicted molar refractivity (Wildman–Crippen MR) is 139 cm³/mol. The number of carbonyl (C=O) groups is 1. The van der Waals surface area contributed by atoms with Crippen LogP contribution in [-0.4, -0.2) is 47.6 Å². The molecule has 0 bridgehead atoms. The Morgan fingerprint density at radius 2 is 1.72 bits per heavy atom. The van der Waals surface area contributed by atoms with Gasteiger partial charge in [0.2, 0.25) is 5.91 Å². The molecule has 36 heavy (non-hydrogen) atoms. The number of nitrogens with one attached hydrogen (secondary N) is 1. The van der Waals surface area contributed by atoms with Gasteiger partial charge in [-0.1, -0.05) is 36.4 Å². The van der Waals surface area contributed by atoms with Crippen molar-refractivity contribution in [2.45, 2.75) is 20.3 Å². The first-order valence-electron chi connectivity index (χ1n) is 11.8. The Morgan fingerprint density at radius 1 is 0.972 bits per heavy atom. The maximum absolute atomic E-state index is 12.5. The Labute approximate surface area is 210 Å². The number of hydrogen-bond donors (Lipinski definition) is 1. The molecule has 1 N–H and O–H groups in total. The van der Waals surface area contributed by atoms with Crippen LogP contribution in [0.15, 0.2) is 72.8 Å². The van der Waals surface area contributed by atoms with Crippen LogP contribution in [-0.2, 0) is 16.0 Å². The Balaban J connectivity index is 1.51. The van der Waals surface area contributed by atoms with Crippen LogP contribution < -0.4 is 14.8 Å². The molecule has 0 aliphatic heterocycles. The summed E-state index contributed by atoms with van der Waals surface area (Å²) in [4.78, 5) is 17.2. The molecule has 4 rings (SSSR count). The molecular weight excluding hydrogens is 456 g/mol. The van der Waals surface area contributed by atoms with Crippen molar-refractivity contribution >= 4 is 11.6 Å². The first-order valence-corrected chi connectivity index (χ1v) is 11.8. The zero-order chi connectivity index (χ0) is 25.3. The molecule has 0 fully saturated rings. The summed E-state index contributed by atoms with van der Waals surface area (Å²) in [6, 6.07) is 23.2. The van der Waals surface area contributed by atoms with E-state index in [2.05, 4.69) is 15.4 Å². The van der Waals surface area contributed by atoms with E-state index < -0.39 is 0 Å². The van der Waals surface area contributed by atoms with E-state index >= 15 is 0 Å². The summed E-state index contributed by atoms with van der Waals surface area (Å²) in [7, 11) is 1.62. The Hall–Kier alpha value is -4.17. The minimum Gasteiger partial charge on any atom is -0.497 e. The second-order valence-corrected chi connectivity index (χ2v) is 8.11. The van der Waals surface area contributed by atoms with Crippen molar-refractivity contribution in [3.63, 3.8) is 0 Å². The number of nitrogens with zero attached hydrogens (tertiary/aromatic N) is 3. The van der Waals surface area contributed by atoms with Gasteiger partial charge in [0.1, 0.15) is 12.4 Å². The molecule has 186 valence electrons. The maximum atomic E-state index is 12.5. The molecule has 3 aromatic carbocycles. The second-order valence-electron chi connectivity index (χ2n) is 8.11. The van der Waals surface area contributed by atoms with Gasteiger partial charge in [-0.2, -0.15) is 4.98 Å². The van der Waals surface area contributed by atoms with E-state index in [1.807, 2.05) is 86.6 Å². The molecule has 0 saturated carbocycles. The summed E-state index contributed by atoms with van der Waals surface area (Å²) < 4.78 is 18.0. The topological polar surface area (TPSA) is 87.5 Å². The molecule has 0 aliphatic carbocycles. The number of benzene rings is 3. The summed E-state index contributed by atoms with van der Waals surface area (Å²) in [5.41, 5.74) is 4.44. The molecule has 0 radical (unpaired) electrons. The summed E-state index contributed by atoms with van der Waals surface area (Å²) in [5.74, 6) is 1.34. The van der Waals surface area contributed by atoms with Crippen LogP contribution in [0.1, 0.15) is 18.1 Å². The number of ether oxygens (including phenoxy) is 3. The normalized spacial score (nSPS) is 10.8. The van der Waals surface area contributed by atoms with Crippen molar-refractivity contribution in [3.05, 3.63) is 83.9 Å². The van der Waals surface area contributed by atoms with Crippen molar-refractivity contribution < 1.29 is 19.0 Å². The summed E-state index contributed by atoms with van der Waals surface area (Å²) in [6.07, 6.45) is 0.273. The van der Waals surface area contributed by atoms with Gasteiger partial charge in [-0.3, -0.25) is 4.79 Å². The lowest BCUT2D eigenvalue weighted by molar-refractivity contribution is -0.115. The summed E-state index contributed by atoms with van der Waals surface area (Å²) >= 11 is 0. The highest BCUT2D eigenvalue weighted by Crippen LogP contribution is 2.27. The van der Waals surface area contributed by atoms with Crippen LogP contribution in [0.3, 0.4) is 0 Å². The fourth-order valence-corrected chi connectivity index (χ4v) is 3.69.